The Bertz CT molecular complexity index is 718. The van der Waals surface area contributed by atoms with Gasteiger partial charge in [0.15, 0.2) is 0 Å². The molecular weight excluding hydrogens is 488 g/mol. The van der Waals surface area contributed by atoms with Crippen molar-refractivity contribution in [3.05, 3.63) is 46.6 Å². The minimum absolute atomic E-state index is 0.0429. The molecule has 0 unspecified atom stereocenters. The van der Waals surface area contributed by atoms with Gasteiger partial charge in [0.05, 0.1) is 0 Å². The number of ether oxygens (including phenoxy) is 1. The van der Waals surface area contributed by atoms with Gasteiger partial charge in [-0.25, -0.2) is 0 Å². The van der Waals surface area contributed by atoms with Crippen LogP contribution in [-0.2, 0) is 9.53 Å². The second-order valence-electron chi connectivity index (χ2n) is 12.4. The molecule has 0 rings (SSSR count). The Balaban J connectivity index is 3.66. The molecule has 232 valence electrons. The summed E-state index contributed by atoms with van der Waals surface area (Å²) >= 11 is 0. The topological polar surface area (TPSA) is 26.3 Å². The fraction of sp³-hybridized carbons (Fsp3) is 0.763. The maximum absolute atomic E-state index is 12.0. The monoisotopic (exact) mass is 557 g/mol. The number of carbonyl (C=O) groups excluding carboxylic acids is 1. The quantitative estimate of drug-likeness (QED) is 0.0571. The Kier molecular flexibility index (Phi) is 27.8. The third-order valence-corrected chi connectivity index (χ3v) is 7.81. The van der Waals surface area contributed by atoms with Crippen LogP contribution < -0.4 is 0 Å². The summed E-state index contributed by atoms with van der Waals surface area (Å²) in [7, 11) is 0. The number of unbranched alkanes of at least 4 members (excludes halogenated alkanes) is 14. The zero-order valence-corrected chi connectivity index (χ0v) is 27.9. The van der Waals surface area contributed by atoms with Crippen molar-refractivity contribution in [3.8, 4) is 0 Å². The maximum atomic E-state index is 12.0. The smallest absolute Gasteiger partial charge is 0.306 e. The molecule has 0 aliphatic rings. The van der Waals surface area contributed by atoms with E-state index < -0.39 is 0 Å². The molecular formula is C38H68O2. The molecule has 2 nitrogen and oxygen atoms in total. The van der Waals surface area contributed by atoms with Crippen molar-refractivity contribution in [2.24, 2.45) is 0 Å². The summed E-state index contributed by atoms with van der Waals surface area (Å²) in [5.41, 5.74) is 5.68. The number of hydrogen-bond acceptors (Lipinski definition) is 2. The van der Waals surface area contributed by atoms with Gasteiger partial charge in [0.2, 0.25) is 0 Å². The molecule has 0 spiro atoms. The number of hydrogen-bond donors (Lipinski definition) is 0. The maximum Gasteiger partial charge on any atom is 0.306 e. The molecule has 0 heterocycles. The van der Waals surface area contributed by atoms with Crippen LogP contribution in [0.15, 0.2) is 46.6 Å². The van der Waals surface area contributed by atoms with E-state index in [2.05, 4.69) is 65.8 Å². The van der Waals surface area contributed by atoms with E-state index in [0.29, 0.717) is 13.0 Å². The predicted octanol–water partition coefficient (Wildman–Crippen LogP) is 12.9. The lowest BCUT2D eigenvalue weighted by Crippen LogP contribution is -2.04. The first-order valence-electron chi connectivity index (χ1n) is 17.1. The van der Waals surface area contributed by atoms with Crippen molar-refractivity contribution < 1.29 is 9.53 Å². The Morgan fingerprint density at radius 2 is 0.850 bits per heavy atom. The summed E-state index contributed by atoms with van der Waals surface area (Å²) in [6.45, 7) is 13.7. The molecule has 0 aromatic carbocycles. The second-order valence-corrected chi connectivity index (χ2v) is 12.4. The van der Waals surface area contributed by atoms with Gasteiger partial charge in [0.1, 0.15) is 6.61 Å². The molecule has 2 heteroatoms. The van der Waals surface area contributed by atoms with E-state index in [1.165, 1.54) is 112 Å². The third-order valence-electron chi connectivity index (χ3n) is 7.81. The van der Waals surface area contributed by atoms with Gasteiger partial charge in [-0.15, -0.1) is 0 Å². The summed E-state index contributed by atoms with van der Waals surface area (Å²) in [6, 6.07) is 0. The van der Waals surface area contributed by atoms with Crippen molar-refractivity contribution in [2.75, 3.05) is 6.61 Å². The highest BCUT2D eigenvalue weighted by Gasteiger charge is 2.02. The van der Waals surface area contributed by atoms with Crippen molar-refractivity contribution >= 4 is 5.97 Å². The van der Waals surface area contributed by atoms with Gasteiger partial charge in [-0.2, -0.15) is 0 Å². The number of esters is 1. The van der Waals surface area contributed by atoms with Crippen LogP contribution in [0.5, 0.6) is 0 Å². The Hall–Kier alpha value is -1.57. The van der Waals surface area contributed by atoms with E-state index >= 15 is 0 Å². The summed E-state index contributed by atoms with van der Waals surface area (Å²) in [4.78, 5) is 12.0. The van der Waals surface area contributed by atoms with Gasteiger partial charge in [0, 0.05) is 6.42 Å². The largest absolute Gasteiger partial charge is 0.461 e. The summed E-state index contributed by atoms with van der Waals surface area (Å²) in [6.07, 6.45) is 36.6. The molecule has 0 aromatic heterocycles. The first-order valence-corrected chi connectivity index (χ1v) is 17.1. The van der Waals surface area contributed by atoms with Gasteiger partial charge in [0.25, 0.3) is 0 Å². The third kappa shape index (κ3) is 29.4. The van der Waals surface area contributed by atoms with Crippen LogP contribution in [0.2, 0.25) is 0 Å². The minimum Gasteiger partial charge on any atom is -0.461 e. The predicted molar refractivity (Wildman–Crippen MR) is 179 cm³/mol. The average Bonchev–Trinajstić information content (AvgIpc) is 2.90. The van der Waals surface area contributed by atoms with Crippen molar-refractivity contribution in [1.82, 2.24) is 0 Å². The molecule has 0 saturated heterocycles. The first kappa shape index (κ1) is 38.4. The van der Waals surface area contributed by atoms with Gasteiger partial charge >= 0.3 is 5.97 Å². The van der Waals surface area contributed by atoms with E-state index in [0.717, 1.165) is 44.9 Å². The molecule has 0 fully saturated rings. The van der Waals surface area contributed by atoms with E-state index in [-0.39, 0.29) is 5.97 Å². The number of allylic oxidation sites excluding steroid dienone is 7. The Morgan fingerprint density at radius 1 is 0.475 bits per heavy atom. The molecule has 0 bridgehead atoms. The lowest BCUT2D eigenvalue weighted by Gasteiger charge is -2.05. The van der Waals surface area contributed by atoms with Gasteiger partial charge in [-0.3, -0.25) is 4.79 Å². The van der Waals surface area contributed by atoms with Crippen LogP contribution in [0.1, 0.15) is 183 Å². The SMILES string of the molecule is CCCCCCCCCCCCCCCCCC(=O)OCC=C(C)CCC=C(C)CCC=C(C)CCC=C(C)C. The van der Waals surface area contributed by atoms with Gasteiger partial charge < -0.3 is 4.74 Å². The molecule has 0 amide bonds. The van der Waals surface area contributed by atoms with Crippen LogP contribution in [0.25, 0.3) is 0 Å². The summed E-state index contributed by atoms with van der Waals surface area (Å²) in [5.74, 6) is -0.0429. The molecule has 0 radical (unpaired) electrons. The number of carbonyl (C=O) groups is 1. The normalized spacial score (nSPS) is 12.6. The van der Waals surface area contributed by atoms with E-state index in [1.807, 2.05) is 0 Å². The molecule has 0 N–H and O–H groups in total. The van der Waals surface area contributed by atoms with Crippen LogP contribution >= 0.6 is 0 Å². The summed E-state index contributed by atoms with van der Waals surface area (Å²) < 4.78 is 5.43. The molecule has 0 saturated carbocycles. The van der Waals surface area contributed by atoms with Crippen LogP contribution in [-0.4, -0.2) is 12.6 Å². The van der Waals surface area contributed by atoms with Crippen LogP contribution in [0, 0.1) is 0 Å². The van der Waals surface area contributed by atoms with Crippen molar-refractivity contribution in [1.29, 1.82) is 0 Å². The number of rotatable bonds is 27. The fourth-order valence-corrected chi connectivity index (χ4v) is 4.98. The lowest BCUT2D eigenvalue weighted by atomic mass is 10.0. The standard InChI is InChI=1S/C38H68O2/c1-7-8-9-10-11-12-13-14-15-16-17-18-19-20-21-31-38(39)40-33-32-37(6)30-24-29-36(5)28-23-27-35(4)26-22-25-34(2)3/h25,27,29,32H,7-24,26,28,30-31,33H2,1-6H3. The average molecular weight is 557 g/mol. The van der Waals surface area contributed by atoms with E-state index in [1.54, 1.807) is 0 Å². The highest BCUT2D eigenvalue weighted by atomic mass is 16.5. The minimum atomic E-state index is -0.0429. The molecule has 0 aromatic rings. The van der Waals surface area contributed by atoms with Gasteiger partial charge in [-0.1, -0.05) is 137 Å². The highest BCUT2D eigenvalue weighted by molar-refractivity contribution is 5.69. The Morgan fingerprint density at radius 3 is 1.27 bits per heavy atom. The lowest BCUT2D eigenvalue weighted by molar-refractivity contribution is -0.142. The molecule has 0 aliphatic carbocycles. The van der Waals surface area contributed by atoms with Crippen LogP contribution in [0.4, 0.5) is 0 Å². The highest BCUT2D eigenvalue weighted by Crippen LogP contribution is 2.15. The molecule has 40 heavy (non-hydrogen) atoms. The van der Waals surface area contributed by atoms with Crippen molar-refractivity contribution in [2.45, 2.75) is 183 Å². The van der Waals surface area contributed by atoms with E-state index in [9.17, 15) is 4.79 Å². The summed E-state index contributed by atoms with van der Waals surface area (Å²) in [5, 5.41) is 0. The zero-order chi connectivity index (χ0) is 29.7. The first-order chi connectivity index (χ1) is 19.3. The molecule has 0 aliphatic heterocycles. The fourth-order valence-electron chi connectivity index (χ4n) is 4.98. The van der Waals surface area contributed by atoms with Crippen molar-refractivity contribution in [3.63, 3.8) is 0 Å². The van der Waals surface area contributed by atoms with Crippen LogP contribution in [0.3, 0.4) is 0 Å². The van der Waals surface area contributed by atoms with Gasteiger partial charge in [-0.05, 0) is 85.6 Å². The second kappa shape index (κ2) is 28.9. The zero-order valence-electron chi connectivity index (χ0n) is 27.9. The van der Waals surface area contributed by atoms with E-state index in [4.69, 9.17) is 4.74 Å². The molecule has 0 atom stereocenters. The Labute approximate surface area is 251 Å².